The predicted octanol–water partition coefficient (Wildman–Crippen LogP) is 6.00. The number of rotatable bonds is 16. The van der Waals surface area contributed by atoms with Crippen LogP contribution in [-0.2, 0) is 16.0 Å². The molecule has 0 aliphatic heterocycles. The zero-order chi connectivity index (χ0) is 26.5. The van der Waals surface area contributed by atoms with E-state index < -0.39 is 11.9 Å². The number of ether oxygens (including phenoxy) is 4. The van der Waals surface area contributed by atoms with Gasteiger partial charge in [-0.15, -0.1) is 0 Å². The van der Waals surface area contributed by atoms with Crippen LogP contribution in [0.3, 0.4) is 0 Å². The quantitative estimate of drug-likeness (QED) is 0.121. The van der Waals surface area contributed by atoms with Crippen molar-refractivity contribution in [3.63, 3.8) is 0 Å². The lowest BCUT2D eigenvalue weighted by Crippen LogP contribution is -2.22. The van der Waals surface area contributed by atoms with Crippen molar-refractivity contribution in [3.05, 3.63) is 47.5 Å². The highest BCUT2D eigenvalue weighted by molar-refractivity contribution is 6.02. The molecule has 0 bridgehead atoms. The van der Waals surface area contributed by atoms with Crippen LogP contribution < -0.4 is 18.9 Å². The maximum Gasteiger partial charge on any atom is 0.343 e. The Balaban J connectivity index is 1.83. The Bertz CT molecular complexity index is 970. The maximum absolute atomic E-state index is 12.6. The van der Waals surface area contributed by atoms with Gasteiger partial charge in [-0.1, -0.05) is 45.2 Å². The van der Waals surface area contributed by atoms with E-state index in [1.54, 1.807) is 24.3 Å². The average molecular weight is 499 g/mol. The number of unbranched alkanes of at least 4 members (excludes halogenated alkanes) is 3. The first-order valence-corrected chi connectivity index (χ1v) is 12.5. The van der Waals surface area contributed by atoms with Gasteiger partial charge in [-0.2, -0.15) is 0 Å². The van der Waals surface area contributed by atoms with Crippen LogP contribution in [0.4, 0.5) is 0 Å². The van der Waals surface area contributed by atoms with Gasteiger partial charge < -0.3 is 18.9 Å². The van der Waals surface area contributed by atoms with Crippen molar-refractivity contribution in [1.29, 1.82) is 0 Å². The SMILES string of the molecule is CCC(=O)C(CCCCCCc1ccc(C(=O)Oc2cc(OC)c(OC)c(OC)c2)cc1)C(=O)CC. The molecule has 0 aromatic heterocycles. The molecule has 0 saturated heterocycles. The van der Waals surface area contributed by atoms with Crippen LogP contribution in [0.15, 0.2) is 36.4 Å². The minimum Gasteiger partial charge on any atom is -0.493 e. The van der Waals surface area contributed by atoms with Gasteiger partial charge in [-0.3, -0.25) is 9.59 Å². The molecule has 0 fully saturated rings. The number of hydrogen-bond acceptors (Lipinski definition) is 7. The minimum absolute atomic E-state index is 0.0609. The van der Waals surface area contributed by atoms with Crippen molar-refractivity contribution in [2.75, 3.05) is 21.3 Å². The van der Waals surface area contributed by atoms with E-state index in [1.807, 2.05) is 26.0 Å². The van der Waals surface area contributed by atoms with Crippen LogP contribution in [-0.4, -0.2) is 38.9 Å². The molecular weight excluding hydrogens is 460 g/mol. The second-order valence-electron chi connectivity index (χ2n) is 8.59. The molecule has 196 valence electrons. The van der Waals surface area contributed by atoms with Crippen molar-refractivity contribution in [2.45, 2.75) is 65.2 Å². The Labute approximate surface area is 214 Å². The fourth-order valence-electron chi connectivity index (χ4n) is 4.11. The van der Waals surface area contributed by atoms with E-state index >= 15 is 0 Å². The van der Waals surface area contributed by atoms with E-state index in [0.29, 0.717) is 47.8 Å². The van der Waals surface area contributed by atoms with Gasteiger partial charge >= 0.3 is 5.97 Å². The Kier molecular flexibility index (Phi) is 12.0. The molecule has 2 rings (SSSR count). The van der Waals surface area contributed by atoms with Crippen molar-refractivity contribution in [1.82, 2.24) is 0 Å². The van der Waals surface area contributed by atoms with E-state index in [1.165, 1.54) is 21.3 Å². The second-order valence-corrected chi connectivity index (χ2v) is 8.59. The summed E-state index contributed by atoms with van der Waals surface area (Å²) < 4.78 is 21.4. The highest BCUT2D eigenvalue weighted by Gasteiger charge is 2.22. The largest absolute Gasteiger partial charge is 0.493 e. The molecule has 0 radical (unpaired) electrons. The molecule has 7 nitrogen and oxygen atoms in total. The van der Waals surface area contributed by atoms with Crippen LogP contribution in [0.2, 0.25) is 0 Å². The summed E-state index contributed by atoms with van der Waals surface area (Å²) in [6, 6.07) is 10.5. The molecule has 36 heavy (non-hydrogen) atoms. The number of methoxy groups -OCH3 is 3. The molecule has 0 aliphatic rings. The van der Waals surface area contributed by atoms with Gasteiger partial charge in [0.1, 0.15) is 17.3 Å². The first-order valence-electron chi connectivity index (χ1n) is 12.5. The molecule has 0 saturated carbocycles. The average Bonchev–Trinajstić information content (AvgIpc) is 2.91. The summed E-state index contributed by atoms with van der Waals surface area (Å²) in [5, 5.41) is 0. The van der Waals surface area contributed by atoms with Crippen molar-refractivity contribution in [3.8, 4) is 23.0 Å². The molecule has 0 amide bonds. The summed E-state index contributed by atoms with van der Waals surface area (Å²) in [6.07, 6.45) is 6.29. The lowest BCUT2D eigenvalue weighted by molar-refractivity contribution is -0.132. The van der Waals surface area contributed by atoms with Gasteiger partial charge in [0.15, 0.2) is 11.5 Å². The summed E-state index contributed by atoms with van der Waals surface area (Å²) in [4.78, 5) is 36.6. The number of Topliss-reactive ketones (excluding diaryl/α,β-unsaturated/α-hetero) is 2. The summed E-state index contributed by atoms with van der Waals surface area (Å²) in [5.74, 6) is 0.742. The second kappa shape index (κ2) is 14.9. The lowest BCUT2D eigenvalue weighted by atomic mass is 9.90. The zero-order valence-electron chi connectivity index (χ0n) is 22.1. The third-order valence-electron chi connectivity index (χ3n) is 6.22. The van der Waals surface area contributed by atoms with Crippen molar-refractivity contribution >= 4 is 17.5 Å². The van der Waals surface area contributed by atoms with Crippen LogP contribution in [0.5, 0.6) is 23.0 Å². The minimum atomic E-state index is -0.478. The highest BCUT2D eigenvalue weighted by atomic mass is 16.5. The van der Waals surface area contributed by atoms with Crippen LogP contribution in [0.25, 0.3) is 0 Å². The highest BCUT2D eigenvalue weighted by Crippen LogP contribution is 2.41. The molecule has 0 heterocycles. The van der Waals surface area contributed by atoms with E-state index in [4.69, 9.17) is 18.9 Å². The van der Waals surface area contributed by atoms with Crippen molar-refractivity contribution in [2.24, 2.45) is 5.92 Å². The molecule has 7 heteroatoms. The summed E-state index contributed by atoms with van der Waals surface area (Å²) in [6.45, 7) is 3.63. The molecular formula is C29H38O7. The third kappa shape index (κ3) is 8.11. The Morgan fingerprint density at radius 3 is 1.81 bits per heavy atom. The summed E-state index contributed by atoms with van der Waals surface area (Å²) in [5.41, 5.74) is 1.58. The van der Waals surface area contributed by atoms with Gasteiger partial charge in [-0.05, 0) is 37.0 Å². The number of benzene rings is 2. The third-order valence-corrected chi connectivity index (χ3v) is 6.22. The summed E-state index contributed by atoms with van der Waals surface area (Å²) >= 11 is 0. The fourth-order valence-corrected chi connectivity index (χ4v) is 4.11. The van der Waals surface area contributed by atoms with E-state index in [2.05, 4.69) is 0 Å². The van der Waals surface area contributed by atoms with E-state index in [0.717, 1.165) is 37.7 Å². The number of carbonyl (C=O) groups is 3. The van der Waals surface area contributed by atoms with Gasteiger partial charge in [-0.25, -0.2) is 4.79 Å². The Morgan fingerprint density at radius 1 is 0.750 bits per heavy atom. The zero-order valence-corrected chi connectivity index (χ0v) is 22.1. The smallest absolute Gasteiger partial charge is 0.343 e. The van der Waals surface area contributed by atoms with Gasteiger partial charge in [0, 0.05) is 25.0 Å². The first kappa shape index (κ1) is 28.9. The van der Waals surface area contributed by atoms with Gasteiger partial charge in [0.25, 0.3) is 0 Å². The van der Waals surface area contributed by atoms with Crippen LogP contribution >= 0.6 is 0 Å². The number of aryl methyl sites for hydroxylation is 1. The van der Waals surface area contributed by atoms with Crippen LogP contribution in [0, 0.1) is 5.92 Å². The molecule has 0 aliphatic carbocycles. The fraction of sp³-hybridized carbons (Fsp3) is 0.483. The van der Waals surface area contributed by atoms with Crippen LogP contribution in [0.1, 0.15) is 74.7 Å². The maximum atomic E-state index is 12.6. The lowest BCUT2D eigenvalue weighted by Gasteiger charge is -2.14. The van der Waals surface area contributed by atoms with Gasteiger partial charge in [0.05, 0.1) is 32.8 Å². The predicted molar refractivity (Wildman–Crippen MR) is 138 cm³/mol. The standard InChI is InChI=1S/C29H38O7/c1-6-24(30)23(25(31)7-2)13-11-9-8-10-12-20-14-16-21(17-15-20)29(32)36-22-18-26(33-3)28(35-5)27(19-22)34-4/h14-19,23H,6-13H2,1-5H3. The number of hydrogen-bond donors (Lipinski definition) is 0. The summed E-state index contributed by atoms with van der Waals surface area (Å²) in [7, 11) is 4.51. The van der Waals surface area contributed by atoms with E-state index in [9.17, 15) is 14.4 Å². The van der Waals surface area contributed by atoms with E-state index in [-0.39, 0.29) is 11.6 Å². The van der Waals surface area contributed by atoms with Gasteiger partial charge in [0.2, 0.25) is 5.75 Å². The molecule has 0 unspecified atom stereocenters. The first-order chi connectivity index (χ1) is 17.4. The number of esters is 1. The van der Waals surface area contributed by atoms with Crippen molar-refractivity contribution < 1.29 is 33.3 Å². The number of carbonyl (C=O) groups excluding carboxylic acids is 3. The molecule has 0 N–H and O–H groups in total. The molecule has 0 atom stereocenters. The molecule has 2 aromatic carbocycles. The Morgan fingerprint density at radius 2 is 1.31 bits per heavy atom. The Hall–Kier alpha value is -3.35. The molecule has 2 aromatic rings. The monoisotopic (exact) mass is 498 g/mol. The molecule has 0 spiro atoms. The topological polar surface area (TPSA) is 88.1 Å². The normalized spacial score (nSPS) is 10.7. The number of ketones is 2.